The van der Waals surface area contributed by atoms with Crippen LogP contribution in [0.15, 0.2) is 49.3 Å². The van der Waals surface area contributed by atoms with Gasteiger partial charge in [-0.05, 0) is 43.7 Å². The predicted molar refractivity (Wildman–Crippen MR) is 120 cm³/mol. The number of nitrogens with zero attached hydrogens (tertiary/aromatic N) is 3. The highest BCUT2D eigenvalue weighted by molar-refractivity contribution is 6.29. The van der Waals surface area contributed by atoms with E-state index in [1.807, 2.05) is 0 Å². The summed E-state index contributed by atoms with van der Waals surface area (Å²) in [4.78, 5) is 24.4. The lowest BCUT2D eigenvalue weighted by Gasteiger charge is -2.18. The molecule has 1 atom stereocenters. The first-order valence-corrected chi connectivity index (χ1v) is 10.3. The van der Waals surface area contributed by atoms with Crippen molar-refractivity contribution < 1.29 is 18.7 Å². The third-order valence-electron chi connectivity index (χ3n) is 4.42. The van der Waals surface area contributed by atoms with Crippen LogP contribution in [0.2, 0.25) is 5.15 Å². The molecule has 0 radical (unpaired) electrons. The Labute approximate surface area is 189 Å². The topological polar surface area (TPSA) is 98.3 Å². The van der Waals surface area contributed by atoms with E-state index in [0.29, 0.717) is 52.9 Å². The van der Waals surface area contributed by atoms with Crippen LogP contribution in [-0.4, -0.2) is 40.8 Å². The van der Waals surface area contributed by atoms with Gasteiger partial charge in [0.2, 0.25) is 0 Å². The third-order valence-corrected chi connectivity index (χ3v) is 4.63. The summed E-state index contributed by atoms with van der Waals surface area (Å²) in [5.41, 5.74) is 1.78. The number of pyridine rings is 1. The zero-order valence-corrected chi connectivity index (χ0v) is 18.2. The van der Waals surface area contributed by atoms with Gasteiger partial charge < -0.3 is 20.1 Å². The smallest absolute Gasteiger partial charge is 0.407 e. The largest absolute Gasteiger partial charge is 0.493 e. The number of hydrogen-bond acceptors (Lipinski definition) is 7. The fraction of sp³-hybridized carbons (Fsp3) is 0.273. The summed E-state index contributed by atoms with van der Waals surface area (Å²) in [5.74, 6) is 0.628. The van der Waals surface area contributed by atoms with E-state index in [-0.39, 0.29) is 6.61 Å². The summed E-state index contributed by atoms with van der Waals surface area (Å²) in [6.07, 6.45) is 2.93. The van der Waals surface area contributed by atoms with Gasteiger partial charge in [-0.1, -0.05) is 24.3 Å². The molecular weight excluding hydrogens is 437 g/mol. The van der Waals surface area contributed by atoms with Crippen molar-refractivity contribution >= 4 is 34.5 Å². The van der Waals surface area contributed by atoms with Crippen LogP contribution in [0.25, 0.3) is 11.0 Å². The van der Waals surface area contributed by atoms with E-state index in [4.69, 9.17) is 21.1 Å². The maximum atomic E-state index is 13.8. The number of alkyl carbamates (subject to hydrolysis) is 1. The Morgan fingerprint density at radius 3 is 2.97 bits per heavy atom. The highest BCUT2D eigenvalue weighted by Crippen LogP contribution is 2.26. The average Bonchev–Trinajstić information content (AvgIpc) is 2.78. The lowest BCUT2D eigenvalue weighted by atomic mass is 10.1. The second-order valence-electron chi connectivity index (χ2n) is 6.79. The molecule has 3 rings (SSSR count). The van der Waals surface area contributed by atoms with Gasteiger partial charge in [-0.2, -0.15) is 0 Å². The Bertz CT molecular complexity index is 1100. The van der Waals surface area contributed by atoms with E-state index in [9.17, 15) is 9.18 Å². The van der Waals surface area contributed by atoms with E-state index in [0.717, 1.165) is 0 Å². The number of rotatable bonds is 10. The molecule has 0 fully saturated rings. The Kier molecular flexibility index (Phi) is 8.15. The summed E-state index contributed by atoms with van der Waals surface area (Å²) in [6.45, 7) is 6.20. The number of hydrogen-bond donors (Lipinski definition) is 2. The van der Waals surface area contributed by atoms with Crippen molar-refractivity contribution in [1.82, 2.24) is 20.3 Å². The second-order valence-corrected chi connectivity index (χ2v) is 7.18. The minimum absolute atomic E-state index is 0.0847. The lowest BCUT2D eigenvalue weighted by molar-refractivity contribution is 0.154. The van der Waals surface area contributed by atoms with Crippen LogP contribution in [0, 0.1) is 5.82 Å². The molecule has 2 N–H and O–H groups in total. The number of fused-ring (bicyclic) bond motifs is 1. The second kappa shape index (κ2) is 11.2. The van der Waals surface area contributed by atoms with Gasteiger partial charge in [-0.3, -0.25) is 0 Å². The molecule has 0 aliphatic carbocycles. The molecule has 0 aliphatic heterocycles. The number of amides is 1. The number of aromatic nitrogens is 3. The fourth-order valence-corrected chi connectivity index (χ4v) is 3.07. The van der Waals surface area contributed by atoms with Crippen LogP contribution >= 0.6 is 11.6 Å². The first-order chi connectivity index (χ1) is 15.5. The van der Waals surface area contributed by atoms with Crippen LogP contribution in [0.1, 0.15) is 24.9 Å². The Morgan fingerprint density at radius 1 is 1.31 bits per heavy atom. The van der Waals surface area contributed by atoms with Gasteiger partial charge in [0.05, 0.1) is 18.2 Å². The molecule has 2 heterocycles. The minimum atomic E-state index is -0.623. The molecule has 168 valence electrons. The molecule has 0 saturated carbocycles. The summed E-state index contributed by atoms with van der Waals surface area (Å²) in [6, 6.07) is 7.11. The van der Waals surface area contributed by atoms with Crippen LogP contribution in [-0.2, 0) is 4.74 Å². The van der Waals surface area contributed by atoms with E-state index in [1.54, 1.807) is 19.1 Å². The molecule has 10 heteroatoms. The number of anilines is 1. The first kappa shape index (κ1) is 23.2. The normalized spacial score (nSPS) is 11.6. The molecule has 2 aromatic heterocycles. The molecule has 0 saturated heterocycles. The van der Waals surface area contributed by atoms with Crippen molar-refractivity contribution in [3.8, 4) is 5.75 Å². The van der Waals surface area contributed by atoms with Gasteiger partial charge in [0.1, 0.15) is 35.2 Å². The highest BCUT2D eigenvalue weighted by atomic mass is 35.5. The highest BCUT2D eigenvalue weighted by Gasteiger charge is 2.16. The maximum absolute atomic E-state index is 13.8. The molecule has 0 unspecified atom stereocenters. The Morgan fingerprint density at radius 2 is 2.16 bits per heavy atom. The molecule has 0 aliphatic rings. The van der Waals surface area contributed by atoms with Crippen molar-refractivity contribution in [2.75, 3.05) is 25.1 Å². The monoisotopic (exact) mass is 459 g/mol. The van der Waals surface area contributed by atoms with Crippen LogP contribution in [0.3, 0.4) is 0 Å². The number of carbonyl (C=O) groups is 1. The van der Waals surface area contributed by atoms with Gasteiger partial charge in [0.15, 0.2) is 5.82 Å². The number of carbonyl (C=O) groups excluding carboxylic acids is 1. The van der Waals surface area contributed by atoms with E-state index >= 15 is 0 Å². The quantitative estimate of drug-likeness (QED) is 0.258. The van der Waals surface area contributed by atoms with Gasteiger partial charge in [-0.15, -0.1) is 0 Å². The summed E-state index contributed by atoms with van der Waals surface area (Å²) in [7, 11) is 0. The lowest BCUT2D eigenvalue weighted by Crippen LogP contribution is -2.28. The van der Waals surface area contributed by atoms with Crippen molar-refractivity contribution in [2.24, 2.45) is 0 Å². The van der Waals surface area contributed by atoms with Crippen molar-refractivity contribution in [3.63, 3.8) is 0 Å². The third kappa shape index (κ3) is 6.27. The molecule has 1 amide bonds. The van der Waals surface area contributed by atoms with E-state index in [2.05, 4.69) is 32.2 Å². The molecular formula is C22H23ClFN5O3. The fourth-order valence-electron chi connectivity index (χ4n) is 2.93. The van der Waals surface area contributed by atoms with Gasteiger partial charge in [0, 0.05) is 12.1 Å². The SMILES string of the molecule is C=CCOC(=O)N[C@H](C)c1cc(F)ccc1OCCCNc1ncnc2ccc(Cl)nc12. The van der Waals surface area contributed by atoms with Crippen LogP contribution in [0.5, 0.6) is 5.75 Å². The predicted octanol–water partition coefficient (Wildman–Crippen LogP) is 4.67. The zero-order chi connectivity index (χ0) is 22.9. The zero-order valence-electron chi connectivity index (χ0n) is 17.5. The summed E-state index contributed by atoms with van der Waals surface area (Å²) >= 11 is 5.97. The van der Waals surface area contributed by atoms with Gasteiger partial charge in [-0.25, -0.2) is 24.1 Å². The van der Waals surface area contributed by atoms with Gasteiger partial charge >= 0.3 is 6.09 Å². The maximum Gasteiger partial charge on any atom is 0.407 e. The summed E-state index contributed by atoms with van der Waals surface area (Å²) < 4.78 is 24.5. The van der Waals surface area contributed by atoms with Crippen molar-refractivity contribution in [2.45, 2.75) is 19.4 Å². The molecule has 0 spiro atoms. The Balaban J connectivity index is 1.55. The van der Waals surface area contributed by atoms with Gasteiger partial charge in [0.25, 0.3) is 0 Å². The molecule has 1 aromatic carbocycles. The standard InChI is InChI=1S/C22H23ClFN5O3/c1-3-10-32-22(30)28-14(2)16-12-15(24)5-7-18(16)31-11-4-9-25-21-20-17(26-13-27-21)6-8-19(23)29-20/h3,5-8,12-14H,1,4,9-11H2,2H3,(H,28,30)(H,25,26,27)/t14-/m1/s1. The number of benzene rings is 1. The minimum Gasteiger partial charge on any atom is -0.493 e. The van der Waals surface area contributed by atoms with Crippen molar-refractivity contribution in [1.29, 1.82) is 0 Å². The first-order valence-electron chi connectivity index (χ1n) is 9.95. The average molecular weight is 460 g/mol. The molecule has 8 nitrogen and oxygen atoms in total. The Hall–Kier alpha value is -3.46. The van der Waals surface area contributed by atoms with E-state index < -0.39 is 18.0 Å². The number of halogens is 2. The molecule has 32 heavy (non-hydrogen) atoms. The van der Waals surface area contributed by atoms with Crippen LogP contribution < -0.4 is 15.4 Å². The number of nitrogens with one attached hydrogen (secondary N) is 2. The number of ether oxygens (including phenoxy) is 2. The van der Waals surface area contributed by atoms with E-state index in [1.165, 1.54) is 30.6 Å². The summed E-state index contributed by atoms with van der Waals surface area (Å²) in [5, 5.41) is 6.20. The van der Waals surface area contributed by atoms with Crippen LogP contribution in [0.4, 0.5) is 15.0 Å². The van der Waals surface area contributed by atoms with Crippen molar-refractivity contribution in [3.05, 3.63) is 65.8 Å². The molecule has 0 bridgehead atoms. The molecule has 3 aromatic rings.